The summed E-state index contributed by atoms with van der Waals surface area (Å²) in [6.07, 6.45) is 2.93. The topological polar surface area (TPSA) is 106 Å². The smallest absolute Gasteiger partial charge is 0.258 e. The summed E-state index contributed by atoms with van der Waals surface area (Å²) in [5.74, 6) is 2.13. The molecule has 2 aromatic rings. The summed E-state index contributed by atoms with van der Waals surface area (Å²) in [6, 6.07) is -0.356. The minimum atomic E-state index is -3.66. The van der Waals surface area contributed by atoms with Gasteiger partial charge in [-0.15, -0.1) is 0 Å². The minimum absolute atomic E-state index is 0.0876. The van der Waals surface area contributed by atoms with E-state index in [1.807, 2.05) is 13.8 Å². The number of aromatic amines is 1. The van der Waals surface area contributed by atoms with Crippen LogP contribution in [-0.2, 0) is 16.6 Å². The summed E-state index contributed by atoms with van der Waals surface area (Å²) in [4.78, 5) is 11.3. The maximum atomic E-state index is 12.5. The molecule has 1 unspecified atom stereocenters. The third-order valence-electron chi connectivity index (χ3n) is 3.69. The number of hydrogen-bond donors (Lipinski definition) is 2. The lowest BCUT2D eigenvalue weighted by Crippen LogP contribution is -2.33. The van der Waals surface area contributed by atoms with Crippen LogP contribution in [0.2, 0.25) is 0 Å². The van der Waals surface area contributed by atoms with Gasteiger partial charge in [-0.3, -0.25) is 0 Å². The second-order valence-electron chi connectivity index (χ2n) is 5.84. The SMILES string of the molecule is Cc1nc2n(n1)CCCC2NS(=O)(=O)c1cnc(C(C)C)[nH]1. The molecule has 0 aromatic carbocycles. The molecule has 2 N–H and O–H groups in total. The third kappa shape index (κ3) is 2.78. The zero-order chi connectivity index (χ0) is 15.9. The first-order valence-electron chi connectivity index (χ1n) is 7.35. The van der Waals surface area contributed by atoms with Crippen molar-refractivity contribution < 1.29 is 8.42 Å². The first kappa shape index (κ1) is 15.2. The van der Waals surface area contributed by atoms with Gasteiger partial charge in [0.25, 0.3) is 10.0 Å². The highest BCUT2D eigenvalue weighted by molar-refractivity contribution is 7.89. The van der Waals surface area contributed by atoms with Crippen molar-refractivity contribution in [2.75, 3.05) is 0 Å². The monoisotopic (exact) mass is 324 g/mol. The zero-order valence-corrected chi connectivity index (χ0v) is 13.7. The lowest BCUT2D eigenvalue weighted by atomic mass is 10.1. The number of nitrogens with one attached hydrogen (secondary N) is 2. The fourth-order valence-electron chi connectivity index (χ4n) is 2.58. The molecule has 8 nitrogen and oxygen atoms in total. The second-order valence-corrected chi connectivity index (χ2v) is 7.53. The van der Waals surface area contributed by atoms with Gasteiger partial charge in [0.2, 0.25) is 0 Å². The van der Waals surface area contributed by atoms with Crippen LogP contribution in [0.3, 0.4) is 0 Å². The van der Waals surface area contributed by atoms with E-state index < -0.39 is 10.0 Å². The molecule has 120 valence electrons. The molecule has 9 heteroatoms. The normalized spacial score (nSPS) is 18.6. The fraction of sp³-hybridized carbons (Fsp3) is 0.615. The second kappa shape index (κ2) is 5.47. The van der Waals surface area contributed by atoms with Gasteiger partial charge in [0.05, 0.1) is 12.2 Å². The number of H-pyrrole nitrogens is 1. The van der Waals surface area contributed by atoms with Crippen molar-refractivity contribution in [2.24, 2.45) is 0 Å². The van der Waals surface area contributed by atoms with Crippen molar-refractivity contribution >= 4 is 10.0 Å². The Bertz CT molecular complexity index is 776. The molecule has 0 spiro atoms. The van der Waals surface area contributed by atoms with Crippen LogP contribution in [0.1, 0.15) is 56.1 Å². The Morgan fingerprint density at radius 1 is 1.45 bits per heavy atom. The van der Waals surface area contributed by atoms with Gasteiger partial charge in [0.1, 0.15) is 17.5 Å². The van der Waals surface area contributed by atoms with E-state index in [2.05, 4.69) is 24.8 Å². The predicted octanol–water partition coefficient (Wildman–Crippen LogP) is 1.25. The molecule has 1 aliphatic rings. The van der Waals surface area contributed by atoms with E-state index in [9.17, 15) is 8.42 Å². The first-order chi connectivity index (χ1) is 10.4. The van der Waals surface area contributed by atoms with E-state index in [0.717, 1.165) is 13.0 Å². The summed E-state index contributed by atoms with van der Waals surface area (Å²) in [7, 11) is -3.66. The van der Waals surface area contributed by atoms with E-state index >= 15 is 0 Å². The minimum Gasteiger partial charge on any atom is -0.332 e. The molecule has 3 rings (SSSR count). The maximum Gasteiger partial charge on any atom is 0.258 e. The summed E-state index contributed by atoms with van der Waals surface area (Å²) in [5, 5.41) is 4.37. The molecule has 0 radical (unpaired) electrons. The van der Waals surface area contributed by atoms with E-state index in [1.165, 1.54) is 6.20 Å². The van der Waals surface area contributed by atoms with E-state index in [4.69, 9.17) is 0 Å². The molecule has 0 saturated heterocycles. The molecular formula is C13H20N6O2S. The number of hydrogen-bond acceptors (Lipinski definition) is 5. The number of aryl methyl sites for hydroxylation is 2. The summed E-state index contributed by atoms with van der Waals surface area (Å²) in [5.41, 5.74) is 0. The third-order valence-corrected chi connectivity index (χ3v) is 5.07. The molecule has 0 aliphatic carbocycles. The standard InChI is InChI=1S/C13H20N6O2S/c1-8(2)12-14-7-11(16-12)22(20,21)18-10-5-4-6-19-13(10)15-9(3)17-19/h7-8,10,18H,4-6H2,1-3H3,(H,14,16). The van der Waals surface area contributed by atoms with E-state index in [-0.39, 0.29) is 17.0 Å². The Morgan fingerprint density at radius 2 is 2.23 bits per heavy atom. The largest absolute Gasteiger partial charge is 0.332 e. The number of nitrogens with zero attached hydrogens (tertiary/aromatic N) is 4. The van der Waals surface area contributed by atoms with Crippen LogP contribution in [0.15, 0.2) is 11.2 Å². The number of aromatic nitrogens is 5. The lowest BCUT2D eigenvalue weighted by Gasteiger charge is -2.22. The van der Waals surface area contributed by atoms with E-state index in [0.29, 0.717) is 23.9 Å². The van der Waals surface area contributed by atoms with Gasteiger partial charge in [0, 0.05) is 12.5 Å². The number of fused-ring (bicyclic) bond motifs is 1. The van der Waals surface area contributed by atoms with Gasteiger partial charge in [-0.05, 0) is 19.8 Å². The number of rotatable bonds is 4. The van der Waals surface area contributed by atoms with Gasteiger partial charge in [-0.25, -0.2) is 23.1 Å². The molecular weight excluding hydrogens is 304 g/mol. The van der Waals surface area contributed by atoms with Crippen LogP contribution in [-0.4, -0.2) is 33.2 Å². The van der Waals surface area contributed by atoms with Crippen molar-refractivity contribution in [3.8, 4) is 0 Å². The molecule has 2 aromatic heterocycles. The van der Waals surface area contributed by atoms with Gasteiger partial charge < -0.3 is 4.98 Å². The molecule has 1 atom stereocenters. The van der Waals surface area contributed by atoms with Crippen LogP contribution in [0.25, 0.3) is 0 Å². The summed E-state index contributed by atoms with van der Waals surface area (Å²) < 4.78 is 29.5. The van der Waals surface area contributed by atoms with Gasteiger partial charge >= 0.3 is 0 Å². The van der Waals surface area contributed by atoms with Crippen LogP contribution < -0.4 is 4.72 Å². The first-order valence-corrected chi connectivity index (χ1v) is 8.83. The summed E-state index contributed by atoms with van der Waals surface area (Å²) in [6.45, 7) is 6.49. The van der Waals surface area contributed by atoms with Crippen molar-refractivity contribution in [3.05, 3.63) is 23.7 Å². The molecule has 22 heavy (non-hydrogen) atoms. The summed E-state index contributed by atoms with van der Waals surface area (Å²) >= 11 is 0. The van der Waals surface area contributed by atoms with Crippen LogP contribution in [0, 0.1) is 6.92 Å². The Balaban J connectivity index is 1.85. The van der Waals surface area contributed by atoms with Gasteiger partial charge in [0.15, 0.2) is 5.03 Å². The van der Waals surface area contributed by atoms with Crippen LogP contribution in [0.5, 0.6) is 0 Å². The van der Waals surface area contributed by atoms with Gasteiger partial charge in [-0.1, -0.05) is 13.8 Å². The maximum absolute atomic E-state index is 12.5. The molecule has 0 bridgehead atoms. The highest BCUT2D eigenvalue weighted by Gasteiger charge is 2.29. The number of sulfonamides is 1. The van der Waals surface area contributed by atoms with Crippen molar-refractivity contribution in [2.45, 2.75) is 57.1 Å². The van der Waals surface area contributed by atoms with E-state index in [1.54, 1.807) is 11.6 Å². The van der Waals surface area contributed by atoms with Crippen LogP contribution in [0.4, 0.5) is 0 Å². The molecule has 1 aliphatic heterocycles. The molecule has 3 heterocycles. The highest BCUT2D eigenvalue weighted by Crippen LogP contribution is 2.25. The molecule has 0 saturated carbocycles. The van der Waals surface area contributed by atoms with Crippen molar-refractivity contribution in [1.82, 2.24) is 29.5 Å². The predicted molar refractivity (Wildman–Crippen MR) is 79.7 cm³/mol. The van der Waals surface area contributed by atoms with Crippen molar-refractivity contribution in [1.29, 1.82) is 0 Å². The average Bonchev–Trinajstić information content (AvgIpc) is 3.04. The number of imidazole rings is 1. The Hall–Kier alpha value is -1.74. The highest BCUT2D eigenvalue weighted by atomic mass is 32.2. The zero-order valence-electron chi connectivity index (χ0n) is 12.9. The fourth-order valence-corrected chi connectivity index (χ4v) is 3.73. The van der Waals surface area contributed by atoms with Gasteiger partial charge in [-0.2, -0.15) is 9.82 Å². The quantitative estimate of drug-likeness (QED) is 0.880. The van der Waals surface area contributed by atoms with Crippen molar-refractivity contribution in [3.63, 3.8) is 0 Å². The molecule has 0 fully saturated rings. The lowest BCUT2D eigenvalue weighted by molar-refractivity contribution is 0.399. The Morgan fingerprint density at radius 3 is 2.91 bits per heavy atom. The Labute approximate surface area is 129 Å². The Kier molecular flexibility index (Phi) is 3.77. The van der Waals surface area contributed by atoms with Crippen LogP contribution >= 0.6 is 0 Å². The molecule has 0 amide bonds. The average molecular weight is 324 g/mol.